The lowest BCUT2D eigenvalue weighted by atomic mass is 10.1. The monoisotopic (exact) mass is 247 g/mol. The largest absolute Gasteiger partial charge is 0.497 e. The summed E-state index contributed by atoms with van der Waals surface area (Å²) in [5.74, 6) is 0.792. The van der Waals surface area contributed by atoms with Crippen LogP contribution in [-0.2, 0) is 6.42 Å². The van der Waals surface area contributed by atoms with Gasteiger partial charge in [0.2, 0.25) is 5.95 Å². The first kappa shape index (κ1) is 12.3. The van der Waals surface area contributed by atoms with E-state index in [0.29, 0.717) is 12.4 Å². The zero-order valence-electron chi connectivity index (χ0n) is 10.1. The van der Waals surface area contributed by atoms with Crippen LogP contribution in [-0.4, -0.2) is 23.6 Å². The SMILES string of the molecule is COc1cccc(CCNc2cc(F)ncn2)c1. The lowest BCUT2D eigenvalue weighted by Gasteiger charge is -2.06. The summed E-state index contributed by atoms with van der Waals surface area (Å²) in [6.45, 7) is 0.670. The van der Waals surface area contributed by atoms with Crippen LogP contribution in [0, 0.1) is 5.95 Å². The van der Waals surface area contributed by atoms with Crippen molar-refractivity contribution in [2.24, 2.45) is 0 Å². The smallest absolute Gasteiger partial charge is 0.217 e. The van der Waals surface area contributed by atoms with Crippen molar-refractivity contribution in [2.45, 2.75) is 6.42 Å². The molecular formula is C13H14FN3O. The number of hydrogen-bond donors (Lipinski definition) is 1. The van der Waals surface area contributed by atoms with Gasteiger partial charge in [-0.3, -0.25) is 0 Å². The molecule has 0 atom stereocenters. The van der Waals surface area contributed by atoms with Gasteiger partial charge in [-0.15, -0.1) is 0 Å². The summed E-state index contributed by atoms with van der Waals surface area (Å²) in [5.41, 5.74) is 1.15. The molecule has 1 aromatic carbocycles. The van der Waals surface area contributed by atoms with Gasteiger partial charge in [0.15, 0.2) is 0 Å². The first-order valence-corrected chi connectivity index (χ1v) is 5.62. The minimum Gasteiger partial charge on any atom is -0.497 e. The third kappa shape index (κ3) is 3.41. The van der Waals surface area contributed by atoms with Crippen molar-refractivity contribution in [1.29, 1.82) is 0 Å². The number of hydrogen-bond acceptors (Lipinski definition) is 4. The molecule has 4 nitrogen and oxygen atoms in total. The average molecular weight is 247 g/mol. The van der Waals surface area contributed by atoms with Crippen molar-refractivity contribution in [3.63, 3.8) is 0 Å². The quantitative estimate of drug-likeness (QED) is 0.823. The summed E-state index contributed by atoms with van der Waals surface area (Å²) < 4.78 is 18.0. The molecule has 18 heavy (non-hydrogen) atoms. The van der Waals surface area contributed by atoms with Gasteiger partial charge >= 0.3 is 0 Å². The summed E-state index contributed by atoms with van der Waals surface area (Å²) in [6, 6.07) is 9.10. The number of ether oxygens (including phenoxy) is 1. The van der Waals surface area contributed by atoms with E-state index < -0.39 is 5.95 Å². The fourth-order valence-electron chi connectivity index (χ4n) is 1.59. The molecule has 1 aromatic heterocycles. The van der Waals surface area contributed by atoms with Crippen molar-refractivity contribution in [1.82, 2.24) is 9.97 Å². The fourth-order valence-corrected chi connectivity index (χ4v) is 1.59. The standard InChI is InChI=1S/C13H14FN3O/c1-18-11-4-2-3-10(7-11)5-6-15-13-8-12(14)16-9-17-13/h2-4,7-9H,5-6H2,1H3,(H,15,16,17). The Kier molecular flexibility index (Phi) is 4.06. The Morgan fingerprint density at radius 1 is 1.28 bits per heavy atom. The molecule has 0 aliphatic heterocycles. The number of nitrogens with one attached hydrogen (secondary N) is 1. The lowest BCUT2D eigenvalue weighted by molar-refractivity contribution is 0.414. The third-order valence-electron chi connectivity index (χ3n) is 2.49. The average Bonchev–Trinajstić information content (AvgIpc) is 2.39. The molecule has 0 bridgehead atoms. The predicted octanol–water partition coefficient (Wildman–Crippen LogP) is 2.28. The van der Waals surface area contributed by atoms with Crippen LogP contribution >= 0.6 is 0 Å². The van der Waals surface area contributed by atoms with Gasteiger partial charge in [-0.05, 0) is 24.1 Å². The molecular weight excluding hydrogens is 233 g/mol. The summed E-state index contributed by atoms with van der Waals surface area (Å²) in [5, 5.41) is 3.04. The van der Waals surface area contributed by atoms with Crippen molar-refractivity contribution >= 4 is 5.82 Å². The maximum absolute atomic E-state index is 12.8. The Bertz CT molecular complexity index is 519. The van der Waals surface area contributed by atoms with Crippen molar-refractivity contribution < 1.29 is 9.13 Å². The highest BCUT2D eigenvalue weighted by Crippen LogP contribution is 2.13. The Balaban J connectivity index is 1.88. The maximum Gasteiger partial charge on any atom is 0.217 e. The second-order valence-electron chi connectivity index (χ2n) is 3.75. The van der Waals surface area contributed by atoms with Crippen LogP contribution in [0.2, 0.25) is 0 Å². The molecule has 2 aromatic rings. The molecule has 0 amide bonds. The summed E-state index contributed by atoms with van der Waals surface area (Å²) >= 11 is 0. The Hall–Kier alpha value is -2.17. The Labute approximate surface area is 105 Å². The van der Waals surface area contributed by atoms with Gasteiger partial charge in [0.25, 0.3) is 0 Å². The van der Waals surface area contributed by atoms with E-state index in [2.05, 4.69) is 15.3 Å². The van der Waals surface area contributed by atoms with Gasteiger partial charge in [-0.2, -0.15) is 4.39 Å². The molecule has 0 saturated carbocycles. The molecule has 1 N–H and O–H groups in total. The fraction of sp³-hybridized carbons (Fsp3) is 0.231. The number of methoxy groups -OCH3 is 1. The molecule has 2 rings (SSSR count). The van der Waals surface area contributed by atoms with E-state index in [4.69, 9.17) is 4.74 Å². The van der Waals surface area contributed by atoms with Crippen molar-refractivity contribution in [3.8, 4) is 5.75 Å². The van der Waals surface area contributed by atoms with E-state index in [9.17, 15) is 4.39 Å². The molecule has 0 aliphatic carbocycles. The first-order chi connectivity index (χ1) is 8.78. The molecule has 0 fully saturated rings. The molecule has 1 heterocycles. The van der Waals surface area contributed by atoms with E-state index in [1.807, 2.05) is 24.3 Å². The van der Waals surface area contributed by atoms with Gasteiger partial charge in [-0.1, -0.05) is 12.1 Å². The van der Waals surface area contributed by atoms with E-state index in [-0.39, 0.29) is 0 Å². The second-order valence-corrected chi connectivity index (χ2v) is 3.75. The van der Waals surface area contributed by atoms with Crippen LogP contribution in [0.4, 0.5) is 10.2 Å². The highest BCUT2D eigenvalue weighted by atomic mass is 19.1. The van der Waals surface area contributed by atoms with E-state index in [1.54, 1.807) is 7.11 Å². The molecule has 94 valence electrons. The van der Waals surface area contributed by atoms with E-state index >= 15 is 0 Å². The van der Waals surface area contributed by atoms with Crippen LogP contribution in [0.15, 0.2) is 36.7 Å². The number of nitrogens with zero attached hydrogens (tertiary/aromatic N) is 2. The highest BCUT2D eigenvalue weighted by Gasteiger charge is 1.98. The topological polar surface area (TPSA) is 47.0 Å². The molecule has 5 heteroatoms. The molecule has 0 spiro atoms. The molecule has 0 radical (unpaired) electrons. The first-order valence-electron chi connectivity index (χ1n) is 5.62. The lowest BCUT2D eigenvalue weighted by Crippen LogP contribution is -2.06. The van der Waals surface area contributed by atoms with Crippen molar-refractivity contribution in [3.05, 3.63) is 48.2 Å². The van der Waals surface area contributed by atoms with Crippen LogP contribution < -0.4 is 10.1 Å². The van der Waals surface area contributed by atoms with Gasteiger partial charge < -0.3 is 10.1 Å². The van der Waals surface area contributed by atoms with Gasteiger partial charge in [0.1, 0.15) is 17.9 Å². The number of aromatic nitrogens is 2. The van der Waals surface area contributed by atoms with Crippen LogP contribution in [0.5, 0.6) is 5.75 Å². The van der Waals surface area contributed by atoms with E-state index in [1.165, 1.54) is 12.4 Å². The number of anilines is 1. The van der Waals surface area contributed by atoms with Gasteiger partial charge in [0.05, 0.1) is 7.11 Å². The van der Waals surface area contributed by atoms with Crippen LogP contribution in [0.25, 0.3) is 0 Å². The molecule has 0 unspecified atom stereocenters. The summed E-state index contributed by atoms with van der Waals surface area (Å²) in [4.78, 5) is 7.31. The maximum atomic E-state index is 12.8. The third-order valence-corrected chi connectivity index (χ3v) is 2.49. The minimum absolute atomic E-state index is 0.491. The number of halogens is 1. The van der Waals surface area contributed by atoms with Gasteiger partial charge in [-0.25, -0.2) is 9.97 Å². The summed E-state index contributed by atoms with van der Waals surface area (Å²) in [6.07, 6.45) is 2.01. The summed E-state index contributed by atoms with van der Waals surface area (Å²) in [7, 11) is 1.64. The Morgan fingerprint density at radius 3 is 2.94 bits per heavy atom. The Morgan fingerprint density at radius 2 is 2.17 bits per heavy atom. The molecule has 0 aliphatic rings. The van der Waals surface area contributed by atoms with Crippen molar-refractivity contribution in [2.75, 3.05) is 19.0 Å². The zero-order valence-corrected chi connectivity index (χ0v) is 10.1. The number of rotatable bonds is 5. The molecule has 0 saturated heterocycles. The number of benzene rings is 1. The predicted molar refractivity (Wildman–Crippen MR) is 67.2 cm³/mol. The minimum atomic E-state index is -0.533. The van der Waals surface area contributed by atoms with Gasteiger partial charge in [0, 0.05) is 12.6 Å². The van der Waals surface area contributed by atoms with Crippen LogP contribution in [0.3, 0.4) is 0 Å². The second kappa shape index (κ2) is 5.95. The van der Waals surface area contributed by atoms with Crippen LogP contribution in [0.1, 0.15) is 5.56 Å². The zero-order chi connectivity index (χ0) is 12.8. The highest BCUT2D eigenvalue weighted by molar-refractivity contribution is 5.33. The van der Waals surface area contributed by atoms with E-state index in [0.717, 1.165) is 17.7 Å². The normalized spacial score (nSPS) is 10.1.